The Morgan fingerprint density at radius 3 is 1.40 bits per heavy atom. The first-order valence-corrected chi connectivity index (χ1v) is 12.3. The minimum absolute atomic E-state index is 0.944. The van der Waals surface area contributed by atoms with E-state index in [1.165, 1.54) is 0 Å². The molecule has 0 amide bonds. The van der Waals surface area contributed by atoms with E-state index >= 15 is 0 Å². The molecule has 0 saturated carbocycles. The Labute approximate surface area is 95.2 Å². The minimum atomic E-state index is -1.51. The van der Waals surface area contributed by atoms with Crippen LogP contribution in [0.3, 0.4) is 0 Å². The Kier molecular flexibility index (Phi) is 3.50. The topological polar surface area (TPSA) is 18.5 Å². The minimum Gasteiger partial charge on any atom is -0.542 e. The molecule has 15 heavy (non-hydrogen) atoms. The molecule has 0 aliphatic heterocycles. The maximum absolute atomic E-state index is 5.99. The molecule has 0 aromatic carbocycles. The average molecular weight is 242 g/mol. The Bertz CT molecular complexity index is 263. The number of hydrogen-bond acceptors (Lipinski definition) is 2. The second-order valence-electron chi connectivity index (χ2n) is 5.80. The molecule has 0 atom stereocenters. The van der Waals surface area contributed by atoms with Crippen molar-refractivity contribution in [3.05, 3.63) is 23.7 Å². The number of rotatable bonds is 4. The Balaban J connectivity index is 2.65. The largest absolute Gasteiger partial charge is 0.542 e. The van der Waals surface area contributed by atoms with Crippen LogP contribution < -0.4 is 0 Å². The molecule has 0 heterocycles. The lowest BCUT2D eigenvalue weighted by Gasteiger charge is -2.26. The first-order valence-electron chi connectivity index (χ1n) is 5.46. The molecule has 0 aromatic heterocycles. The molecular formula is C11H22O2Si2. The smallest absolute Gasteiger partial charge is 0.242 e. The lowest BCUT2D eigenvalue weighted by atomic mass is 10.5. The summed E-state index contributed by atoms with van der Waals surface area (Å²) in [5.74, 6) is 1.94. The molecule has 0 aromatic rings. The summed E-state index contributed by atoms with van der Waals surface area (Å²) in [6.45, 7) is 13.2. The normalized spacial score (nSPS) is 17.2. The molecule has 0 spiro atoms. The van der Waals surface area contributed by atoms with Crippen molar-refractivity contribution in [2.24, 2.45) is 0 Å². The predicted octanol–water partition coefficient (Wildman–Crippen LogP) is 3.86. The zero-order valence-corrected chi connectivity index (χ0v) is 12.7. The molecule has 0 bridgehead atoms. The van der Waals surface area contributed by atoms with Crippen molar-refractivity contribution in [3.8, 4) is 0 Å². The molecule has 0 radical (unpaired) electrons. The maximum Gasteiger partial charge on any atom is 0.242 e. The van der Waals surface area contributed by atoms with Gasteiger partial charge in [-0.25, -0.2) is 0 Å². The summed E-state index contributed by atoms with van der Waals surface area (Å²) < 4.78 is 12.0. The highest BCUT2D eigenvalue weighted by molar-refractivity contribution is 6.70. The lowest BCUT2D eigenvalue weighted by Crippen LogP contribution is -2.29. The van der Waals surface area contributed by atoms with E-state index in [-0.39, 0.29) is 0 Å². The van der Waals surface area contributed by atoms with E-state index in [2.05, 4.69) is 51.4 Å². The van der Waals surface area contributed by atoms with Crippen molar-refractivity contribution in [1.82, 2.24) is 0 Å². The van der Waals surface area contributed by atoms with Gasteiger partial charge in [-0.05, 0) is 57.9 Å². The first kappa shape index (κ1) is 12.6. The van der Waals surface area contributed by atoms with Gasteiger partial charge in [-0.15, -0.1) is 0 Å². The van der Waals surface area contributed by atoms with Gasteiger partial charge in [0.2, 0.25) is 16.6 Å². The molecule has 4 heteroatoms. The molecule has 1 aliphatic rings. The Morgan fingerprint density at radius 2 is 1.13 bits per heavy atom. The van der Waals surface area contributed by atoms with Gasteiger partial charge in [0.1, 0.15) is 11.5 Å². The van der Waals surface area contributed by atoms with Crippen molar-refractivity contribution in [2.75, 3.05) is 0 Å². The summed E-state index contributed by atoms with van der Waals surface area (Å²) in [6, 6.07) is 0. The fourth-order valence-corrected chi connectivity index (χ4v) is 3.01. The van der Waals surface area contributed by atoms with Gasteiger partial charge in [0.05, 0.1) is 0 Å². The summed E-state index contributed by atoms with van der Waals surface area (Å²) in [5.41, 5.74) is 0. The molecule has 0 fully saturated rings. The van der Waals surface area contributed by atoms with Crippen LogP contribution in [-0.2, 0) is 8.85 Å². The van der Waals surface area contributed by atoms with Gasteiger partial charge in [-0.2, -0.15) is 0 Å². The monoisotopic (exact) mass is 242 g/mol. The summed E-state index contributed by atoms with van der Waals surface area (Å²) in [5, 5.41) is 0. The molecule has 0 saturated heterocycles. The van der Waals surface area contributed by atoms with Gasteiger partial charge in [0, 0.05) is 0 Å². The van der Waals surface area contributed by atoms with Gasteiger partial charge >= 0.3 is 0 Å². The molecule has 1 aliphatic carbocycles. The second-order valence-corrected chi connectivity index (χ2v) is 14.7. The van der Waals surface area contributed by atoms with E-state index in [1.54, 1.807) is 0 Å². The molecule has 1 rings (SSSR count). The fraction of sp³-hybridized carbons (Fsp3) is 0.636. The van der Waals surface area contributed by atoms with E-state index in [0.717, 1.165) is 17.9 Å². The zero-order chi connectivity index (χ0) is 11.7. The van der Waals surface area contributed by atoms with Gasteiger partial charge in [0.25, 0.3) is 0 Å². The van der Waals surface area contributed by atoms with E-state index in [4.69, 9.17) is 8.85 Å². The first-order chi connectivity index (χ1) is 6.67. The van der Waals surface area contributed by atoms with Gasteiger partial charge in [0.15, 0.2) is 0 Å². The third kappa shape index (κ3) is 4.70. The lowest BCUT2D eigenvalue weighted by molar-refractivity contribution is 0.346. The second kappa shape index (κ2) is 4.17. The van der Waals surface area contributed by atoms with Crippen LogP contribution in [0.1, 0.15) is 6.42 Å². The third-order valence-corrected chi connectivity index (χ3v) is 3.35. The fourth-order valence-electron chi connectivity index (χ4n) is 1.32. The van der Waals surface area contributed by atoms with Crippen LogP contribution in [0, 0.1) is 0 Å². The molecule has 0 N–H and O–H groups in total. The SMILES string of the molecule is C[Si](C)(C)OC1=CCC=C1O[Si](C)(C)C. The average Bonchev–Trinajstić information content (AvgIpc) is 2.29. The van der Waals surface area contributed by atoms with E-state index in [1.807, 2.05) is 0 Å². The van der Waals surface area contributed by atoms with Crippen LogP contribution in [0.4, 0.5) is 0 Å². The summed E-state index contributed by atoms with van der Waals surface area (Å²) >= 11 is 0. The quantitative estimate of drug-likeness (QED) is 0.697. The third-order valence-electron chi connectivity index (χ3n) is 1.68. The van der Waals surface area contributed by atoms with Crippen LogP contribution in [0.15, 0.2) is 23.7 Å². The van der Waals surface area contributed by atoms with Crippen molar-refractivity contribution in [2.45, 2.75) is 45.7 Å². The molecular weight excluding hydrogens is 220 g/mol. The Morgan fingerprint density at radius 1 is 0.800 bits per heavy atom. The standard InChI is InChI=1S/C11H22O2Si2/c1-14(2,3)12-10-8-7-9-11(10)13-15(4,5)6/h8-9H,7H2,1-6H3. The number of allylic oxidation sites excluding steroid dienone is 2. The molecule has 86 valence electrons. The zero-order valence-electron chi connectivity index (χ0n) is 10.7. The van der Waals surface area contributed by atoms with E-state index < -0.39 is 16.6 Å². The van der Waals surface area contributed by atoms with Crippen LogP contribution in [-0.4, -0.2) is 16.6 Å². The van der Waals surface area contributed by atoms with Crippen molar-refractivity contribution in [3.63, 3.8) is 0 Å². The van der Waals surface area contributed by atoms with Crippen molar-refractivity contribution in [1.29, 1.82) is 0 Å². The Hall–Kier alpha value is -0.486. The molecule has 0 unspecified atom stereocenters. The van der Waals surface area contributed by atoms with E-state index in [9.17, 15) is 0 Å². The van der Waals surface area contributed by atoms with Crippen molar-refractivity contribution >= 4 is 16.6 Å². The summed E-state index contributed by atoms with van der Waals surface area (Å²) in [7, 11) is -3.03. The van der Waals surface area contributed by atoms with Crippen LogP contribution in [0.5, 0.6) is 0 Å². The van der Waals surface area contributed by atoms with Gasteiger partial charge < -0.3 is 8.85 Å². The maximum atomic E-state index is 5.99. The van der Waals surface area contributed by atoms with Gasteiger partial charge in [-0.1, -0.05) is 0 Å². The van der Waals surface area contributed by atoms with Crippen LogP contribution in [0.25, 0.3) is 0 Å². The van der Waals surface area contributed by atoms with Crippen molar-refractivity contribution < 1.29 is 8.85 Å². The summed E-state index contributed by atoms with van der Waals surface area (Å²) in [4.78, 5) is 0. The van der Waals surface area contributed by atoms with E-state index in [0.29, 0.717) is 0 Å². The number of hydrogen-bond donors (Lipinski definition) is 0. The highest BCUT2D eigenvalue weighted by Gasteiger charge is 2.26. The highest BCUT2D eigenvalue weighted by Crippen LogP contribution is 2.27. The van der Waals surface area contributed by atoms with Crippen LogP contribution in [0.2, 0.25) is 39.3 Å². The predicted molar refractivity (Wildman–Crippen MR) is 69.6 cm³/mol. The van der Waals surface area contributed by atoms with Gasteiger partial charge in [-0.3, -0.25) is 0 Å². The highest BCUT2D eigenvalue weighted by atomic mass is 28.4. The van der Waals surface area contributed by atoms with Crippen LogP contribution >= 0.6 is 0 Å². The summed E-state index contributed by atoms with van der Waals surface area (Å²) in [6.07, 6.45) is 5.18. The molecule has 2 nitrogen and oxygen atoms in total.